The standard InChI is InChI=1S/C11H20N2O/c1-8-6-10(7-8)12-5-4-11(14)13-9-2-3-9/h8-10,12H,2-7H2,1H3,(H,13,14). The number of rotatable bonds is 5. The maximum Gasteiger partial charge on any atom is 0.221 e. The Morgan fingerprint density at radius 1 is 1.29 bits per heavy atom. The van der Waals surface area contributed by atoms with Crippen molar-refractivity contribution in [1.82, 2.24) is 10.6 Å². The zero-order valence-electron chi connectivity index (χ0n) is 8.88. The zero-order chi connectivity index (χ0) is 9.97. The summed E-state index contributed by atoms with van der Waals surface area (Å²) in [5.74, 6) is 1.10. The molecule has 80 valence electrons. The van der Waals surface area contributed by atoms with Gasteiger partial charge in [0, 0.05) is 25.0 Å². The first-order valence-corrected chi connectivity index (χ1v) is 5.77. The predicted molar refractivity (Wildman–Crippen MR) is 56.0 cm³/mol. The van der Waals surface area contributed by atoms with E-state index in [1.54, 1.807) is 0 Å². The molecule has 1 amide bonds. The molecule has 0 aromatic heterocycles. The van der Waals surface area contributed by atoms with Crippen LogP contribution in [0, 0.1) is 5.92 Å². The topological polar surface area (TPSA) is 41.1 Å². The van der Waals surface area contributed by atoms with E-state index in [0.717, 1.165) is 12.5 Å². The van der Waals surface area contributed by atoms with E-state index in [1.165, 1.54) is 25.7 Å². The fourth-order valence-corrected chi connectivity index (χ4v) is 1.99. The van der Waals surface area contributed by atoms with E-state index in [1.807, 2.05) is 0 Å². The molecule has 0 aromatic rings. The minimum absolute atomic E-state index is 0.215. The van der Waals surface area contributed by atoms with E-state index < -0.39 is 0 Å². The van der Waals surface area contributed by atoms with Crippen LogP contribution in [0.1, 0.15) is 39.0 Å². The summed E-state index contributed by atoms with van der Waals surface area (Å²) in [6.07, 6.45) is 5.56. The Morgan fingerprint density at radius 3 is 2.57 bits per heavy atom. The van der Waals surface area contributed by atoms with Gasteiger partial charge in [0.1, 0.15) is 0 Å². The van der Waals surface area contributed by atoms with Crippen molar-refractivity contribution in [2.45, 2.75) is 51.1 Å². The van der Waals surface area contributed by atoms with Crippen LogP contribution in [0.4, 0.5) is 0 Å². The molecule has 0 bridgehead atoms. The Morgan fingerprint density at radius 2 is 2.00 bits per heavy atom. The molecular formula is C11H20N2O. The van der Waals surface area contributed by atoms with Gasteiger partial charge in [0.15, 0.2) is 0 Å². The van der Waals surface area contributed by atoms with Gasteiger partial charge in [0.05, 0.1) is 0 Å². The van der Waals surface area contributed by atoms with Gasteiger partial charge in [-0.3, -0.25) is 4.79 Å². The number of hydrogen-bond acceptors (Lipinski definition) is 2. The lowest BCUT2D eigenvalue weighted by molar-refractivity contribution is -0.121. The van der Waals surface area contributed by atoms with Crippen molar-refractivity contribution in [3.05, 3.63) is 0 Å². The highest BCUT2D eigenvalue weighted by atomic mass is 16.1. The normalized spacial score (nSPS) is 30.9. The number of carbonyl (C=O) groups excluding carboxylic acids is 1. The van der Waals surface area contributed by atoms with E-state index in [2.05, 4.69) is 17.6 Å². The molecular weight excluding hydrogens is 176 g/mol. The molecule has 2 N–H and O–H groups in total. The van der Waals surface area contributed by atoms with Crippen LogP contribution in [-0.4, -0.2) is 24.5 Å². The van der Waals surface area contributed by atoms with Crippen LogP contribution in [0.5, 0.6) is 0 Å². The summed E-state index contributed by atoms with van der Waals surface area (Å²) in [5.41, 5.74) is 0. The Labute approximate surface area is 85.6 Å². The number of carbonyl (C=O) groups is 1. The van der Waals surface area contributed by atoms with Crippen LogP contribution in [0.25, 0.3) is 0 Å². The maximum atomic E-state index is 11.3. The second-order valence-corrected chi connectivity index (χ2v) is 4.82. The van der Waals surface area contributed by atoms with Crippen molar-refractivity contribution in [1.29, 1.82) is 0 Å². The molecule has 14 heavy (non-hydrogen) atoms. The van der Waals surface area contributed by atoms with Crippen LogP contribution >= 0.6 is 0 Å². The van der Waals surface area contributed by atoms with Crippen molar-refractivity contribution in [3.63, 3.8) is 0 Å². The Kier molecular flexibility index (Phi) is 3.06. The first-order chi connectivity index (χ1) is 6.74. The Bertz CT molecular complexity index is 207. The van der Waals surface area contributed by atoms with Gasteiger partial charge in [-0.2, -0.15) is 0 Å². The average Bonchev–Trinajstić information content (AvgIpc) is 2.85. The summed E-state index contributed by atoms with van der Waals surface area (Å²) in [7, 11) is 0. The third-order valence-corrected chi connectivity index (χ3v) is 3.10. The highest BCUT2D eigenvalue weighted by Gasteiger charge is 2.25. The monoisotopic (exact) mass is 196 g/mol. The summed E-state index contributed by atoms with van der Waals surface area (Å²) < 4.78 is 0. The highest BCUT2D eigenvalue weighted by molar-refractivity contribution is 5.76. The number of nitrogens with one attached hydrogen (secondary N) is 2. The SMILES string of the molecule is CC1CC(NCCC(=O)NC2CC2)C1. The van der Waals surface area contributed by atoms with E-state index in [0.29, 0.717) is 18.5 Å². The van der Waals surface area contributed by atoms with Gasteiger partial charge in [-0.15, -0.1) is 0 Å². The molecule has 0 atom stereocenters. The van der Waals surface area contributed by atoms with Gasteiger partial charge in [-0.25, -0.2) is 0 Å². The van der Waals surface area contributed by atoms with Crippen molar-refractivity contribution >= 4 is 5.91 Å². The molecule has 3 nitrogen and oxygen atoms in total. The molecule has 0 spiro atoms. The van der Waals surface area contributed by atoms with Crippen molar-refractivity contribution < 1.29 is 4.79 Å². The minimum Gasteiger partial charge on any atom is -0.353 e. The maximum absolute atomic E-state index is 11.3. The van der Waals surface area contributed by atoms with Crippen LogP contribution in [0.15, 0.2) is 0 Å². The summed E-state index contributed by atoms with van der Waals surface area (Å²) in [4.78, 5) is 11.3. The van der Waals surface area contributed by atoms with Crippen molar-refractivity contribution in [3.8, 4) is 0 Å². The Balaban J connectivity index is 1.47. The van der Waals surface area contributed by atoms with Crippen molar-refractivity contribution in [2.75, 3.05) is 6.54 Å². The van der Waals surface area contributed by atoms with Gasteiger partial charge in [0.2, 0.25) is 5.91 Å². The summed E-state index contributed by atoms with van der Waals surface area (Å²) in [5, 5.41) is 6.41. The van der Waals surface area contributed by atoms with Crippen LogP contribution in [-0.2, 0) is 4.79 Å². The zero-order valence-corrected chi connectivity index (χ0v) is 8.88. The van der Waals surface area contributed by atoms with Crippen LogP contribution in [0.2, 0.25) is 0 Å². The molecule has 0 aliphatic heterocycles. The quantitative estimate of drug-likeness (QED) is 0.690. The minimum atomic E-state index is 0.215. The summed E-state index contributed by atoms with van der Waals surface area (Å²) in [6.45, 7) is 3.12. The van der Waals surface area contributed by atoms with Gasteiger partial charge in [0.25, 0.3) is 0 Å². The molecule has 0 aromatic carbocycles. The van der Waals surface area contributed by atoms with Gasteiger partial charge >= 0.3 is 0 Å². The summed E-state index contributed by atoms with van der Waals surface area (Å²) >= 11 is 0. The first-order valence-electron chi connectivity index (χ1n) is 5.77. The highest BCUT2D eigenvalue weighted by Crippen LogP contribution is 2.26. The van der Waals surface area contributed by atoms with Crippen LogP contribution in [0.3, 0.4) is 0 Å². The van der Waals surface area contributed by atoms with Gasteiger partial charge in [-0.05, 0) is 31.6 Å². The van der Waals surface area contributed by atoms with E-state index in [4.69, 9.17) is 0 Å². The lowest BCUT2D eigenvalue weighted by Crippen LogP contribution is -2.41. The van der Waals surface area contributed by atoms with E-state index in [9.17, 15) is 4.79 Å². The first kappa shape index (κ1) is 9.97. The summed E-state index contributed by atoms with van der Waals surface area (Å²) in [6, 6.07) is 1.19. The molecule has 2 rings (SSSR count). The predicted octanol–water partition coefficient (Wildman–Crippen LogP) is 1.04. The molecule has 2 aliphatic carbocycles. The smallest absolute Gasteiger partial charge is 0.221 e. The molecule has 0 heterocycles. The molecule has 0 saturated heterocycles. The number of amides is 1. The second kappa shape index (κ2) is 4.30. The van der Waals surface area contributed by atoms with Gasteiger partial charge in [-0.1, -0.05) is 6.92 Å². The lowest BCUT2D eigenvalue weighted by atomic mass is 9.82. The number of hydrogen-bond donors (Lipinski definition) is 2. The fourth-order valence-electron chi connectivity index (χ4n) is 1.99. The molecule has 2 fully saturated rings. The molecule has 2 saturated carbocycles. The van der Waals surface area contributed by atoms with E-state index in [-0.39, 0.29) is 5.91 Å². The fraction of sp³-hybridized carbons (Fsp3) is 0.909. The average molecular weight is 196 g/mol. The third-order valence-electron chi connectivity index (χ3n) is 3.10. The van der Waals surface area contributed by atoms with E-state index >= 15 is 0 Å². The molecule has 2 aliphatic rings. The Hall–Kier alpha value is -0.570. The van der Waals surface area contributed by atoms with Crippen molar-refractivity contribution in [2.24, 2.45) is 5.92 Å². The molecule has 3 heteroatoms. The molecule has 0 unspecified atom stereocenters. The largest absolute Gasteiger partial charge is 0.353 e. The second-order valence-electron chi connectivity index (χ2n) is 4.82. The van der Waals surface area contributed by atoms with Crippen LogP contribution < -0.4 is 10.6 Å². The molecule has 0 radical (unpaired) electrons. The van der Waals surface area contributed by atoms with Gasteiger partial charge < -0.3 is 10.6 Å². The third kappa shape index (κ3) is 2.98. The lowest BCUT2D eigenvalue weighted by Gasteiger charge is -2.33.